The summed E-state index contributed by atoms with van der Waals surface area (Å²) >= 11 is 2.30. The third-order valence-electron chi connectivity index (χ3n) is 2.83. The molecular weight excluding hydrogens is 324 g/mol. The Kier molecular flexibility index (Phi) is 4.30. The van der Waals surface area contributed by atoms with Crippen LogP contribution in [0.4, 0.5) is 5.13 Å². The van der Waals surface area contributed by atoms with Gasteiger partial charge in [-0.3, -0.25) is 9.59 Å². The molecule has 1 aromatic carbocycles. The number of thiazole rings is 1. The van der Waals surface area contributed by atoms with Gasteiger partial charge < -0.3 is 14.8 Å². The molecule has 8 heteroatoms. The van der Waals surface area contributed by atoms with Crippen molar-refractivity contribution in [3.63, 3.8) is 0 Å². The SMILES string of the molecule is CC(=O)SCC(=O)Nc1nc(-c2ccc3c(c2)OCO3)cs1. The first-order valence-electron chi connectivity index (χ1n) is 6.40. The van der Waals surface area contributed by atoms with E-state index in [1.54, 1.807) is 0 Å². The van der Waals surface area contributed by atoms with Crippen LogP contribution in [0.2, 0.25) is 0 Å². The van der Waals surface area contributed by atoms with E-state index < -0.39 is 0 Å². The molecule has 0 radical (unpaired) electrons. The Morgan fingerprint density at radius 2 is 2.18 bits per heavy atom. The molecule has 0 bridgehead atoms. The molecule has 0 aliphatic carbocycles. The summed E-state index contributed by atoms with van der Waals surface area (Å²) < 4.78 is 10.6. The Labute approximate surface area is 134 Å². The Balaban J connectivity index is 1.68. The number of hydrogen-bond donors (Lipinski definition) is 1. The van der Waals surface area contributed by atoms with E-state index in [-0.39, 0.29) is 23.6 Å². The van der Waals surface area contributed by atoms with Crippen molar-refractivity contribution >= 4 is 39.3 Å². The number of nitrogens with zero attached hydrogens (tertiary/aromatic N) is 1. The highest BCUT2D eigenvalue weighted by Crippen LogP contribution is 2.36. The van der Waals surface area contributed by atoms with Crippen molar-refractivity contribution in [1.29, 1.82) is 0 Å². The monoisotopic (exact) mass is 336 g/mol. The minimum Gasteiger partial charge on any atom is -0.454 e. The maximum absolute atomic E-state index is 11.7. The number of nitrogens with one attached hydrogen (secondary N) is 1. The van der Waals surface area contributed by atoms with Crippen LogP contribution in [-0.2, 0) is 9.59 Å². The lowest BCUT2D eigenvalue weighted by Gasteiger charge is -2.00. The minimum atomic E-state index is -0.244. The number of ether oxygens (including phenoxy) is 2. The van der Waals surface area contributed by atoms with Gasteiger partial charge >= 0.3 is 0 Å². The molecule has 6 nitrogen and oxygen atoms in total. The Hall–Kier alpha value is -2.06. The van der Waals surface area contributed by atoms with Crippen LogP contribution in [0.3, 0.4) is 0 Å². The van der Waals surface area contributed by atoms with E-state index in [2.05, 4.69) is 10.3 Å². The number of benzene rings is 1. The Morgan fingerprint density at radius 3 is 3.00 bits per heavy atom. The van der Waals surface area contributed by atoms with Crippen LogP contribution in [0, 0.1) is 0 Å². The number of hydrogen-bond acceptors (Lipinski definition) is 7. The van der Waals surface area contributed by atoms with Gasteiger partial charge in [-0.25, -0.2) is 4.98 Å². The fraction of sp³-hybridized carbons (Fsp3) is 0.214. The van der Waals surface area contributed by atoms with Gasteiger partial charge in [0.15, 0.2) is 21.7 Å². The molecule has 0 unspecified atom stereocenters. The number of carbonyl (C=O) groups is 2. The smallest absolute Gasteiger partial charge is 0.236 e. The van der Waals surface area contributed by atoms with Gasteiger partial charge in [0.1, 0.15) is 0 Å². The third kappa shape index (κ3) is 3.40. The van der Waals surface area contributed by atoms with Gasteiger partial charge in [0, 0.05) is 17.9 Å². The second kappa shape index (κ2) is 6.37. The summed E-state index contributed by atoms with van der Waals surface area (Å²) in [4.78, 5) is 26.9. The molecule has 0 atom stereocenters. The number of rotatable bonds is 4. The molecule has 1 aliphatic heterocycles. The molecule has 0 spiro atoms. The number of carbonyl (C=O) groups excluding carboxylic acids is 2. The van der Waals surface area contributed by atoms with Gasteiger partial charge in [0.25, 0.3) is 0 Å². The number of aromatic nitrogens is 1. The fourth-order valence-electron chi connectivity index (χ4n) is 1.84. The summed E-state index contributed by atoms with van der Waals surface area (Å²) in [6.07, 6.45) is 0. The highest BCUT2D eigenvalue weighted by molar-refractivity contribution is 8.14. The average Bonchev–Trinajstić information content (AvgIpc) is 3.12. The Morgan fingerprint density at radius 1 is 1.36 bits per heavy atom. The molecule has 2 aromatic rings. The number of fused-ring (bicyclic) bond motifs is 1. The summed E-state index contributed by atoms with van der Waals surface area (Å²) in [5.41, 5.74) is 1.64. The van der Waals surface area contributed by atoms with Crippen LogP contribution < -0.4 is 14.8 Å². The van der Waals surface area contributed by atoms with Crippen molar-refractivity contribution < 1.29 is 19.1 Å². The lowest BCUT2D eigenvalue weighted by molar-refractivity contribution is -0.114. The largest absolute Gasteiger partial charge is 0.454 e. The van der Waals surface area contributed by atoms with Crippen LogP contribution in [0.15, 0.2) is 23.6 Å². The van der Waals surface area contributed by atoms with E-state index in [9.17, 15) is 9.59 Å². The normalized spacial score (nSPS) is 12.2. The zero-order valence-electron chi connectivity index (χ0n) is 11.6. The van der Waals surface area contributed by atoms with Crippen molar-refractivity contribution in [3.8, 4) is 22.8 Å². The number of amides is 1. The molecule has 1 amide bonds. The molecular formula is C14H12N2O4S2. The maximum atomic E-state index is 11.7. The van der Waals surface area contributed by atoms with Gasteiger partial charge in [0.05, 0.1) is 11.4 Å². The van der Waals surface area contributed by atoms with Crippen LogP contribution >= 0.6 is 23.1 Å². The van der Waals surface area contributed by atoms with Gasteiger partial charge in [-0.05, 0) is 18.2 Å². The highest BCUT2D eigenvalue weighted by Gasteiger charge is 2.15. The predicted octanol–water partition coefficient (Wildman–Crippen LogP) is 2.76. The first kappa shape index (κ1) is 14.9. The zero-order valence-corrected chi connectivity index (χ0v) is 13.3. The quantitative estimate of drug-likeness (QED) is 0.925. The van der Waals surface area contributed by atoms with Crippen molar-refractivity contribution in [2.24, 2.45) is 0 Å². The van der Waals surface area contributed by atoms with Crippen LogP contribution in [0.25, 0.3) is 11.3 Å². The Bertz CT molecular complexity index is 729. The van der Waals surface area contributed by atoms with Crippen LogP contribution in [0.1, 0.15) is 6.92 Å². The van der Waals surface area contributed by atoms with E-state index in [1.807, 2.05) is 23.6 Å². The molecule has 0 saturated heterocycles. The van der Waals surface area contributed by atoms with E-state index in [4.69, 9.17) is 9.47 Å². The molecule has 1 N–H and O–H groups in total. The molecule has 0 saturated carbocycles. The fourth-order valence-corrected chi connectivity index (χ4v) is 2.98. The van der Waals surface area contributed by atoms with E-state index in [0.717, 1.165) is 23.0 Å². The van der Waals surface area contributed by atoms with E-state index >= 15 is 0 Å². The van der Waals surface area contributed by atoms with Gasteiger partial charge in [-0.15, -0.1) is 11.3 Å². The van der Waals surface area contributed by atoms with Crippen LogP contribution in [-0.4, -0.2) is 28.6 Å². The molecule has 22 heavy (non-hydrogen) atoms. The molecule has 3 rings (SSSR count). The first-order valence-corrected chi connectivity index (χ1v) is 8.27. The second-order valence-electron chi connectivity index (χ2n) is 4.43. The lowest BCUT2D eigenvalue weighted by atomic mass is 10.1. The zero-order chi connectivity index (χ0) is 15.5. The summed E-state index contributed by atoms with van der Waals surface area (Å²) in [5, 5.41) is 4.95. The average molecular weight is 336 g/mol. The van der Waals surface area contributed by atoms with E-state index in [1.165, 1.54) is 18.3 Å². The van der Waals surface area contributed by atoms with Crippen molar-refractivity contribution in [3.05, 3.63) is 23.6 Å². The van der Waals surface area contributed by atoms with Gasteiger partial charge in [-0.2, -0.15) is 0 Å². The molecule has 2 heterocycles. The number of anilines is 1. The lowest BCUT2D eigenvalue weighted by Crippen LogP contribution is -2.14. The molecule has 1 aliphatic rings. The van der Waals surface area contributed by atoms with E-state index in [0.29, 0.717) is 16.6 Å². The standard InChI is InChI=1S/C14H12N2O4S2/c1-8(17)21-6-13(18)16-14-15-10(5-22-14)9-2-3-11-12(4-9)20-7-19-11/h2-5H,6-7H2,1H3,(H,15,16,18). The summed E-state index contributed by atoms with van der Waals surface area (Å²) in [7, 11) is 0. The predicted molar refractivity (Wildman–Crippen MR) is 85.4 cm³/mol. The number of thioether (sulfide) groups is 1. The van der Waals surface area contributed by atoms with Crippen molar-refractivity contribution in [2.75, 3.05) is 17.9 Å². The summed E-state index contributed by atoms with van der Waals surface area (Å²) in [6, 6.07) is 5.58. The summed E-state index contributed by atoms with van der Waals surface area (Å²) in [6.45, 7) is 1.66. The molecule has 0 fully saturated rings. The molecule has 1 aromatic heterocycles. The summed E-state index contributed by atoms with van der Waals surface area (Å²) in [5.74, 6) is 1.25. The van der Waals surface area contributed by atoms with Crippen molar-refractivity contribution in [1.82, 2.24) is 4.98 Å². The first-order chi connectivity index (χ1) is 10.6. The second-order valence-corrected chi connectivity index (χ2v) is 6.44. The minimum absolute atomic E-state index is 0.0877. The molecule has 114 valence electrons. The van der Waals surface area contributed by atoms with Crippen LogP contribution in [0.5, 0.6) is 11.5 Å². The maximum Gasteiger partial charge on any atom is 0.236 e. The topological polar surface area (TPSA) is 77.5 Å². The third-order valence-corrected chi connectivity index (χ3v) is 4.40. The highest BCUT2D eigenvalue weighted by atomic mass is 32.2. The van der Waals surface area contributed by atoms with Gasteiger partial charge in [0.2, 0.25) is 12.7 Å². The van der Waals surface area contributed by atoms with Crippen molar-refractivity contribution in [2.45, 2.75) is 6.92 Å². The van der Waals surface area contributed by atoms with Gasteiger partial charge in [-0.1, -0.05) is 11.8 Å².